The topological polar surface area (TPSA) is 49.2 Å². The number of aliphatic hydroxyl groups is 1. The summed E-state index contributed by atoms with van der Waals surface area (Å²) in [6, 6.07) is 0.271. The molecule has 78 valence electrons. The highest BCUT2D eigenvalue weighted by Crippen LogP contribution is 2.23. The molecular formula is C8H12ClN3OS. The Morgan fingerprint density at radius 2 is 2.50 bits per heavy atom. The van der Waals surface area contributed by atoms with Gasteiger partial charge in [0.15, 0.2) is 0 Å². The average molecular weight is 234 g/mol. The SMILES string of the molecule is OCC1CCCN1Cc1nnsc1Cl. The standard InChI is InChI=1S/C8H12ClN3OS/c9-8-7(10-11-14-8)4-12-3-1-2-6(12)5-13/h6,13H,1-5H2. The lowest BCUT2D eigenvalue weighted by Gasteiger charge is -2.21. The normalized spacial score (nSPS) is 23.1. The van der Waals surface area contributed by atoms with Gasteiger partial charge in [0, 0.05) is 24.1 Å². The second kappa shape index (κ2) is 4.53. The van der Waals surface area contributed by atoms with E-state index in [0.29, 0.717) is 10.9 Å². The highest BCUT2D eigenvalue weighted by atomic mass is 35.5. The third-order valence-corrected chi connectivity index (χ3v) is 3.56. The molecule has 1 aromatic heterocycles. The molecule has 6 heteroatoms. The van der Waals surface area contributed by atoms with Crippen molar-refractivity contribution in [3.63, 3.8) is 0 Å². The molecule has 0 bridgehead atoms. The third kappa shape index (κ3) is 2.06. The minimum atomic E-state index is 0.217. The molecule has 1 aromatic rings. The number of hydrogen-bond acceptors (Lipinski definition) is 5. The van der Waals surface area contributed by atoms with Crippen molar-refractivity contribution in [2.75, 3.05) is 13.2 Å². The minimum absolute atomic E-state index is 0.217. The second-order valence-electron chi connectivity index (χ2n) is 3.44. The van der Waals surface area contributed by atoms with Crippen molar-refractivity contribution < 1.29 is 5.11 Å². The van der Waals surface area contributed by atoms with E-state index in [1.807, 2.05) is 0 Å². The van der Waals surface area contributed by atoms with Crippen molar-refractivity contribution in [1.29, 1.82) is 0 Å². The van der Waals surface area contributed by atoms with E-state index in [2.05, 4.69) is 14.5 Å². The van der Waals surface area contributed by atoms with Gasteiger partial charge < -0.3 is 5.11 Å². The fourth-order valence-electron chi connectivity index (χ4n) is 1.79. The van der Waals surface area contributed by atoms with Gasteiger partial charge >= 0.3 is 0 Å². The van der Waals surface area contributed by atoms with Crippen LogP contribution in [0, 0.1) is 0 Å². The van der Waals surface area contributed by atoms with Crippen LogP contribution in [0.3, 0.4) is 0 Å². The molecule has 1 aliphatic heterocycles. The third-order valence-electron chi connectivity index (χ3n) is 2.57. The largest absolute Gasteiger partial charge is 0.395 e. The molecule has 14 heavy (non-hydrogen) atoms. The predicted octanol–water partition coefficient (Wildman–Crippen LogP) is 1.15. The Kier molecular flexibility index (Phi) is 3.33. The van der Waals surface area contributed by atoms with E-state index in [1.54, 1.807) is 0 Å². The van der Waals surface area contributed by atoms with Crippen LogP contribution in [-0.4, -0.2) is 38.8 Å². The number of halogens is 1. The molecule has 0 spiro atoms. The Hall–Kier alpha value is -0.230. The van der Waals surface area contributed by atoms with Gasteiger partial charge in [0.1, 0.15) is 10.0 Å². The van der Waals surface area contributed by atoms with Crippen LogP contribution in [0.2, 0.25) is 4.34 Å². The minimum Gasteiger partial charge on any atom is -0.395 e. The lowest BCUT2D eigenvalue weighted by molar-refractivity contribution is 0.152. The van der Waals surface area contributed by atoms with Crippen molar-refractivity contribution in [3.8, 4) is 0 Å². The van der Waals surface area contributed by atoms with Crippen LogP contribution in [0.5, 0.6) is 0 Å². The van der Waals surface area contributed by atoms with Crippen LogP contribution >= 0.6 is 23.1 Å². The predicted molar refractivity (Wildman–Crippen MR) is 55.4 cm³/mol. The average Bonchev–Trinajstić information content (AvgIpc) is 2.77. The summed E-state index contributed by atoms with van der Waals surface area (Å²) >= 11 is 7.13. The Labute approximate surface area is 91.7 Å². The molecule has 0 amide bonds. The van der Waals surface area contributed by atoms with Crippen molar-refractivity contribution in [2.45, 2.75) is 25.4 Å². The molecule has 0 aromatic carbocycles. The number of aliphatic hydroxyl groups excluding tert-OH is 1. The lowest BCUT2D eigenvalue weighted by atomic mass is 10.2. The van der Waals surface area contributed by atoms with Crippen LogP contribution in [-0.2, 0) is 6.54 Å². The monoisotopic (exact) mass is 233 g/mol. The van der Waals surface area contributed by atoms with Crippen LogP contribution in [0.25, 0.3) is 0 Å². The Morgan fingerprint density at radius 3 is 3.14 bits per heavy atom. The first kappa shape index (κ1) is 10.3. The smallest absolute Gasteiger partial charge is 0.138 e. The Balaban J connectivity index is 2.00. The van der Waals surface area contributed by atoms with E-state index in [0.717, 1.165) is 25.1 Å². The zero-order valence-electron chi connectivity index (χ0n) is 7.69. The fourth-order valence-corrected chi connectivity index (χ4v) is 2.41. The summed E-state index contributed by atoms with van der Waals surface area (Å²) in [5.74, 6) is 0. The molecule has 0 radical (unpaired) electrons. The number of nitrogens with zero attached hydrogens (tertiary/aromatic N) is 3. The van der Waals surface area contributed by atoms with E-state index >= 15 is 0 Å². The first-order chi connectivity index (χ1) is 6.81. The van der Waals surface area contributed by atoms with Crippen molar-refractivity contribution >= 4 is 23.1 Å². The maximum atomic E-state index is 9.13. The Morgan fingerprint density at radius 1 is 1.64 bits per heavy atom. The van der Waals surface area contributed by atoms with Crippen molar-refractivity contribution in [2.24, 2.45) is 0 Å². The number of aromatic nitrogens is 2. The Bertz CT molecular complexity index is 307. The second-order valence-corrected chi connectivity index (χ2v) is 4.80. The van der Waals surface area contributed by atoms with E-state index in [4.69, 9.17) is 16.7 Å². The molecule has 0 saturated carbocycles. The molecule has 2 rings (SSSR count). The van der Waals surface area contributed by atoms with E-state index in [1.165, 1.54) is 11.5 Å². The fraction of sp³-hybridized carbons (Fsp3) is 0.750. The van der Waals surface area contributed by atoms with Gasteiger partial charge in [-0.3, -0.25) is 4.90 Å². The molecule has 2 heterocycles. The van der Waals surface area contributed by atoms with Crippen molar-refractivity contribution in [1.82, 2.24) is 14.5 Å². The number of likely N-dealkylation sites (tertiary alicyclic amines) is 1. The summed E-state index contributed by atoms with van der Waals surface area (Å²) in [6.45, 7) is 1.94. The summed E-state index contributed by atoms with van der Waals surface area (Å²) in [5, 5.41) is 13.1. The first-order valence-corrected chi connectivity index (χ1v) is 5.78. The van der Waals surface area contributed by atoms with Gasteiger partial charge in [0.25, 0.3) is 0 Å². The van der Waals surface area contributed by atoms with Crippen LogP contribution in [0.4, 0.5) is 0 Å². The summed E-state index contributed by atoms with van der Waals surface area (Å²) in [4.78, 5) is 2.21. The molecule has 1 fully saturated rings. The molecule has 4 nitrogen and oxygen atoms in total. The molecule has 1 N–H and O–H groups in total. The van der Waals surface area contributed by atoms with Crippen molar-refractivity contribution in [3.05, 3.63) is 10.0 Å². The highest BCUT2D eigenvalue weighted by molar-refractivity contribution is 7.10. The summed E-state index contributed by atoms with van der Waals surface area (Å²) < 4.78 is 4.45. The molecular weight excluding hydrogens is 222 g/mol. The van der Waals surface area contributed by atoms with Crippen LogP contribution in [0.1, 0.15) is 18.5 Å². The van der Waals surface area contributed by atoms with E-state index in [9.17, 15) is 0 Å². The van der Waals surface area contributed by atoms with Crippen LogP contribution < -0.4 is 0 Å². The molecule has 1 unspecified atom stereocenters. The maximum absolute atomic E-state index is 9.13. The van der Waals surface area contributed by atoms with Gasteiger partial charge in [-0.25, -0.2) is 0 Å². The number of hydrogen-bond donors (Lipinski definition) is 1. The quantitative estimate of drug-likeness (QED) is 0.851. The van der Waals surface area contributed by atoms with Gasteiger partial charge in [0.2, 0.25) is 0 Å². The maximum Gasteiger partial charge on any atom is 0.138 e. The highest BCUT2D eigenvalue weighted by Gasteiger charge is 2.25. The van der Waals surface area contributed by atoms with Gasteiger partial charge in [0.05, 0.1) is 6.61 Å². The first-order valence-electron chi connectivity index (χ1n) is 4.63. The van der Waals surface area contributed by atoms with Gasteiger partial charge in [-0.15, -0.1) is 5.10 Å². The molecule has 0 aliphatic carbocycles. The molecule has 1 aliphatic rings. The van der Waals surface area contributed by atoms with Crippen LogP contribution in [0.15, 0.2) is 0 Å². The van der Waals surface area contributed by atoms with E-state index in [-0.39, 0.29) is 12.6 Å². The zero-order valence-corrected chi connectivity index (χ0v) is 9.26. The molecule has 1 atom stereocenters. The summed E-state index contributed by atoms with van der Waals surface area (Å²) in [7, 11) is 0. The lowest BCUT2D eigenvalue weighted by Crippen LogP contribution is -2.31. The summed E-state index contributed by atoms with van der Waals surface area (Å²) in [5.41, 5.74) is 0.831. The number of rotatable bonds is 3. The van der Waals surface area contributed by atoms with E-state index < -0.39 is 0 Å². The molecule has 1 saturated heterocycles. The summed E-state index contributed by atoms with van der Waals surface area (Å²) in [6.07, 6.45) is 2.20. The zero-order chi connectivity index (χ0) is 9.97. The van der Waals surface area contributed by atoms with Gasteiger partial charge in [-0.2, -0.15) is 0 Å². The van der Waals surface area contributed by atoms with Gasteiger partial charge in [-0.05, 0) is 19.4 Å². The van der Waals surface area contributed by atoms with Gasteiger partial charge in [-0.1, -0.05) is 16.1 Å².